The van der Waals surface area contributed by atoms with Crippen LogP contribution in [0.5, 0.6) is 0 Å². The third-order valence-corrected chi connectivity index (χ3v) is 8.14. The lowest BCUT2D eigenvalue weighted by atomic mass is 9.99. The quantitative estimate of drug-likeness (QED) is 0.229. The van der Waals surface area contributed by atoms with Crippen molar-refractivity contribution in [1.82, 2.24) is 15.0 Å². The van der Waals surface area contributed by atoms with Gasteiger partial charge in [0.25, 0.3) is 0 Å². The highest BCUT2D eigenvalue weighted by atomic mass is 35.5. The van der Waals surface area contributed by atoms with Crippen LogP contribution in [-0.4, -0.2) is 15.0 Å². The molecule has 0 aliphatic heterocycles. The Kier molecular flexibility index (Phi) is 5.69. The maximum Gasteiger partial charge on any atom is 0.226 e. The molecule has 0 atom stereocenters. The fourth-order valence-corrected chi connectivity index (χ4v) is 6.45. The predicted molar refractivity (Wildman–Crippen MR) is 159 cm³/mol. The molecule has 3 nitrogen and oxygen atoms in total. The Morgan fingerprint density at radius 3 is 1.61 bits per heavy atom. The van der Waals surface area contributed by atoms with E-state index in [-0.39, 0.29) is 5.28 Å². The smallest absolute Gasteiger partial charge is 0.208 e. The number of hydrogen-bond donors (Lipinski definition) is 0. The maximum absolute atomic E-state index is 6.33. The molecule has 0 radical (unpaired) electrons. The minimum Gasteiger partial charge on any atom is -0.208 e. The van der Waals surface area contributed by atoms with Crippen molar-refractivity contribution in [3.8, 4) is 45.0 Å². The molecule has 0 bridgehead atoms. The van der Waals surface area contributed by atoms with E-state index >= 15 is 0 Å². The van der Waals surface area contributed by atoms with Crippen molar-refractivity contribution in [2.75, 3.05) is 0 Å². The van der Waals surface area contributed by atoms with Gasteiger partial charge in [-0.15, -0.1) is 11.3 Å². The Hall–Kier alpha value is -4.38. The number of benzene rings is 5. The second-order valence-electron chi connectivity index (χ2n) is 9.03. The molecule has 0 saturated carbocycles. The molecule has 180 valence electrons. The maximum atomic E-state index is 6.33. The molecule has 0 N–H and O–H groups in total. The van der Waals surface area contributed by atoms with Crippen LogP contribution in [0, 0.1) is 0 Å². The van der Waals surface area contributed by atoms with Crippen molar-refractivity contribution < 1.29 is 0 Å². The number of rotatable bonds is 4. The molecule has 0 spiro atoms. The molecule has 0 saturated heterocycles. The number of nitrogens with zero attached hydrogens (tertiary/aromatic N) is 3. The molecule has 0 aliphatic carbocycles. The second kappa shape index (κ2) is 9.49. The van der Waals surface area contributed by atoms with Crippen LogP contribution in [-0.2, 0) is 0 Å². The van der Waals surface area contributed by atoms with E-state index in [9.17, 15) is 0 Å². The number of aromatic nitrogens is 3. The van der Waals surface area contributed by atoms with Crippen LogP contribution in [0.4, 0.5) is 0 Å². The van der Waals surface area contributed by atoms with Crippen LogP contribution in [0.1, 0.15) is 0 Å². The van der Waals surface area contributed by atoms with Gasteiger partial charge < -0.3 is 0 Å². The Balaban J connectivity index is 1.37. The highest BCUT2D eigenvalue weighted by Crippen LogP contribution is 2.44. The van der Waals surface area contributed by atoms with Gasteiger partial charge in [0, 0.05) is 31.3 Å². The summed E-state index contributed by atoms with van der Waals surface area (Å²) < 4.78 is 2.57. The Morgan fingerprint density at radius 1 is 0.447 bits per heavy atom. The molecule has 0 aliphatic rings. The van der Waals surface area contributed by atoms with E-state index in [1.165, 1.54) is 36.9 Å². The standard InChI is InChI=1S/C33H20ClN3S/c34-33-36-31(22-12-5-2-6-13-22)35-32(37-33)24-15-7-14-23(20-24)26-17-9-19-28-27-18-8-16-25(29(27)38-30(26)28)21-10-3-1-4-11-21/h1-20H. The molecule has 0 amide bonds. The second-order valence-corrected chi connectivity index (χ2v) is 10.4. The molecule has 7 rings (SSSR count). The molecular formula is C33H20ClN3S. The fraction of sp³-hybridized carbons (Fsp3) is 0. The topological polar surface area (TPSA) is 38.7 Å². The van der Waals surface area contributed by atoms with Gasteiger partial charge in [0.1, 0.15) is 0 Å². The third-order valence-electron chi connectivity index (χ3n) is 6.68. The zero-order valence-electron chi connectivity index (χ0n) is 20.2. The van der Waals surface area contributed by atoms with Crippen molar-refractivity contribution in [2.45, 2.75) is 0 Å². The summed E-state index contributed by atoms with van der Waals surface area (Å²) in [6.07, 6.45) is 0. The zero-order chi connectivity index (χ0) is 25.5. The van der Waals surface area contributed by atoms with Crippen molar-refractivity contribution in [2.24, 2.45) is 0 Å². The SMILES string of the molecule is Clc1nc(-c2ccccc2)nc(-c2cccc(-c3cccc4c3sc3c(-c5ccccc5)cccc34)c2)n1. The van der Waals surface area contributed by atoms with Crippen molar-refractivity contribution >= 4 is 43.1 Å². The van der Waals surface area contributed by atoms with Gasteiger partial charge in [-0.05, 0) is 39.9 Å². The molecule has 5 heteroatoms. The van der Waals surface area contributed by atoms with Crippen LogP contribution in [0.15, 0.2) is 121 Å². The summed E-state index contributed by atoms with van der Waals surface area (Å²) in [4.78, 5) is 13.6. The summed E-state index contributed by atoms with van der Waals surface area (Å²) in [5.41, 5.74) is 6.59. The summed E-state index contributed by atoms with van der Waals surface area (Å²) in [5, 5.41) is 2.72. The fourth-order valence-electron chi connectivity index (χ4n) is 4.91. The monoisotopic (exact) mass is 525 g/mol. The van der Waals surface area contributed by atoms with Crippen molar-refractivity contribution in [3.63, 3.8) is 0 Å². The lowest BCUT2D eigenvalue weighted by Crippen LogP contribution is -1.97. The first kappa shape index (κ1) is 22.8. The molecule has 5 aromatic carbocycles. The summed E-state index contributed by atoms with van der Waals surface area (Å²) in [6, 6.07) is 41.9. The van der Waals surface area contributed by atoms with Crippen LogP contribution in [0.25, 0.3) is 65.2 Å². The summed E-state index contributed by atoms with van der Waals surface area (Å²) in [5.74, 6) is 1.12. The van der Waals surface area contributed by atoms with Gasteiger partial charge in [-0.3, -0.25) is 0 Å². The summed E-state index contributed by atoms with van der Waals surface area (Å²) in [6.45, 7) is 0. The summed E-state index contributed by atoms with van der Waals surface area (Å²) in [7, 11) is 0. The minimum absolute atomic E-state index is 0.180. The van der Waals surface area contributed by atoms with E-state index in [1.54, 1.807) is 0 Å². The van der Waals surface area contributed by atoms with Gasteiger partial charge in [-0.25, -0.2) is 4.98 Å². The van der Waals surface area contributed by atoms with E-state index in [4.69, 9.17) is 16.6 Å². The first-order valence-corrected chi connectivity index (χ1v) is 13.5. The lowest BCUT2D eigenvalue weighted by molar-refractivity contribution is 1.07. The first-order valence-electron chi connectivity index (χ1n) is 12.3. The number of fused-ring (bicyclic) bond motifs is 3. The molecule has 0 unspecified atom stereocenters. The van der Waals surface area contributed by atoms with Crippen LogP contribution >= 0.6 is 22.9 Å². The Bertz CT molecular complexity index is 1930. The molecule has 38 heavy (non-hydrogen) atoms. The van der Waals surface area contributed by atoms with Gasteiger partial charge in [-0.2, -0.15) is 9.97 Å². The molecular weight excluding hydrogens is 506 g/mol. The minimum atomic E-state index is 0.180. The molecule has 2 heterocycles. The largest absolute Gasteiger partial charge is 0.226 e. The first-order chi connectivity index (χ1) is 18.7. The van der Waals surface area contributed by atoms with Gasteiger partial charge in [0.15, 0.2) is 11.6 Å². The highest BCUT2D eigenvalue weighted by Gasteiger charge is 2.15. The lowest BCUT2D eigenvalue weighted by Gasteiger charge is -2.08. The van der Waals surface area contributed by atoms with Gasteiger partial charge in [-0.1, -0.05) is 115 Å². The van der Waals surface area contributed by atoms with E-state index in [1.807, 2.05) is 53.8 Å². The van der Waals surface area contributed by atoms with E-state index in [0.29, 0.717) is 11.6 Å². The third kappa shape index (κ3) is 4.04. The van der Waals surface area contributed by atoms with Crippen LogP contribution in [0.3, 0.4) is 0 Å². The van der Waals surface area contributed by atoms with Crippen molar-refractivity contribution in [3.05, 3.63) is 127 Å². The van der Waals surface area contributed by atoms with Gasteiger partial charge in [0.05, 0.1) is 0 Å². The summed E-state index contributed by atoms with van der Waals surface area (Å²) >= 11 is 8.18. The molecule has 0 fully saturated rings. The predicted octanol–water partition coefficient (Wildman–Crippen LogP) is 9.56. The Morgan fingerprint density at radius 2 is 0.947 bits per heavy atom. The average molecular weight is 526 g/mol. The highest BCUT2D eigenvalue weighted by molar-refractivity contribution is 7.26. The van der Waals surface area contributed by atoms with Gasteiger partial charge >= 0.3 is 0 Å². The molecule has 7 aromatic rings. The van der Waals surface area contributed by atoms with E-state index in [0.717, 1.165) is 16.7 Å². The zero-order valence-corrected chi connectivity index (χ0v) is 21.7. The molecule has 2 aromatic heterocycles. The van der Waals surface area contributed by atoms with Crippen LogP contribution in [0.2, 0.25) is 5.28 Å². The average Bonchev–Trinajstić information content (AvgIpc) is 3.37. The number of hydrogen-bond acceptors (Lipinski definition) is 4. The Labute approximate surface area is 229 Å². The number of thiophene rings is 1. The van der Waals surface area contributed by atoms with Gasteiger partial charge in [0.2, 0.25) is 5.28 Å². The van der Waals surface area contributed by atoms with E-state index < -0.39 is 0 Å². The van der Waals surface area contributed by atoms with Crippen LogP contribution < -0.4 is 0 Å². The number of halogens is 1. The normalized spacial score (nSPS) is 11.3. The van der Waals surface area contributed by atoms with E-state index in [2.05, 4.69) is 88.8 Å². The van der Waals surface area contributed by atoms with Crippen molar-refractivity contribution in [1.29, 1.82) is 0 Å².